The molecule has 1 heteroatoms. The number of rotatable bonds is 12. The number of hydrogen-bond acceptors (Lipinski definition) is 1. The summed E-state index contributed by atoms with van der Waals surface area (Å²) >= 11 is 5.67. The van der Waals surface area contributed by atoms with Crippen molar-refractivity contribution in [3.8, 4) is 0 Å². The first kappa shape index (κ1) is 29.1. The van der Waals surface area contributed by atoms with Gasteiger partial charge in [-0.05, 0) is 59.7 Å². The molecule has 0 amide bonds. The third-order valence-electron chi connectivity index (χ3n) is 8.98. The monoisotopic (exact) mass is 424 g/mol. The minimum Gasteiger partial charge on any atom is -0.167 e. The van der Waals surface area contributed by atoms with Crippen molar-refractivity contribution in [1.29, 1.82) is 0 Å². The molecule has 0 aromatic rings. The first-order valence-electron chi connectivity index (χ1n) is 12.3. The second-order valence-electron chi connectivity index (χ2n) is 12.7. The van der Waals surface area contributed by atoms with Crippen molar-refractivity contribution in [3.63, 3.8) is 0 Å². The van der Waals surface area contributed by atoms with Crippen molar-refractivity contribution in [2.24, 2.45) is 33.5 Å². The Kier molecular flexibility index (Phi) is 10.2. The van der Waals surface area contributed by atoms with E-state index in [1.807, 2.05) is 0 Å². The molecule has 0 spiro atoms. The van der Waals surface area contributed by atoms with Crippen LogP contribution in [0.15, 0.2) is 11.6 Å². The van der Waals surface area contributed by atoms with Gasteiger partial charge in [-0.15, -0.1) is 0 Å². The predicted octanol–water partition coefficient (Wildman–Crippen LogP) is 9.99. The fourth-order valence-corrected chi connectivity index (χ4v) is 5.89. The average Bonchev–Trinajstić information content (AvgIpc) is 2.59. The SMILES string of the molecule is CCC(C)(C)CC(C)C(C)=CC(S)(C(C)(C)CC)C(C)(CC(C)C)C(C)(C)CC. The molecule has 0 aliphatic rings. The Bertz CT molecular complexity index is 537. The molecule has 0 heterocycles. The van der Waals surface area contributed by atoms with Crippen LogP contribution in [0, 0.1) is 33.5 Å². The molecule has 0 nitrogen and oxygen atoms in total. The van der Waals surface area contributed by atoms with Gasteiger partial charge in [0.25, 0.3) is 0 Å². The fourth-order valence-electron chi connectivity index (χ4n) is 5.13. The zero-order valence-electron chi connectivity index (χ0n) is 22.7. The number of thiol groups is 1. The summed E-state index contributed by atoms with van der Waals surface area (Å²) in [5.74, 6) is 1.23. The van der Waals surface area contributed by atoms with E-state index >= 15 is 0 Å². The Hall–Kier alpha value is 0.0900. The second-order valence-corrected chi connectivity index (χ2v) is 13.4. The number of allylic oxidation sites excluding steroid dienone is 1. The normalized spacial score (nSPS) is 19.8. The Morgan fingerprint density at radius 1 is 0.759 bits per heavy atom. The highest BCUT2D eigenvalue weighted by Crippen LogP contribution is 2.63. The molecule has 0 bridgehead atoms. The van der Waals surface area contributed by atoms with Crippen molar-refractivity contribution >= 4 is 12.6 Å². The van der Waals surface area contributed by atoms with Crippen LogP contribution >= 0.6 is 12.6 Å². The maximum absolute atomic E-state index is 5.67. The van der Waals surface area contributed by atoms with E-state index in [9.17, 15) is 0 Å². The molecule has 0 aliphatic carbocycles. The highest BCUT2D eigenvalue weighted by atomic mass is 32.1. The summed E-state index contributed by atoms with van der Waals surface area (Å²) in [5.41, 5.74) is 2.30. The van der Waals surface area contributed by atoms with Crippen LogP contribution in [-0.2, 0) is 0 Å². The van der Waals surface area contributed by atoms with Gasteiger partial charge >= 0.3 is 0 Å². The molecule has 3 atom stereocenters. The highest BCUT2D eigenvalue weighted by Gasteiger charge is 2.58. The lowest BCUT2D eigenvalue weighted by Crippen LogP contribution is -2.58. The Morgan fingerprint density at radius 3 is 1.55 bits per heavy atom. The summed E-state index contributed by atoms with van der Waals surface area (Å²) in [6.45, 7) is 33.7. The van der Waals surface area contributed by atoms with E-state index in [2.05, 4.69) is 103 Å². The van der Waals surface area contributed by atoms with E-state index in [0.29, 0.717) is 17.3 Å². The smallest absolute Gasteiger partial charge is 0.0420 e. The van der Waals surface area contributed by atoms with Crippen LogP contribution in [0.4, 0.5) is 0 Å². The topological polar surface area (TPSA) is 0 Å². The van der Waals surface area contributed by atoms with Crippen LogP contribution in [-0.4, -0.2) is 4.75 Å². The maximum Gasteiger partial charge on any atom is 0.0420 e. The lowest BCUT2D eigenvalue weighted by Gasteiger charge is -2.61. The maximum atomic E-state index is 5.67. The molecule has 29 heavy (non-hydrogen) atoms. The van der Waals surface area contributed by atoms with Gasteiger partial charge in [-0.2, -0.15) is 12.6 Å². The van der Waals surface area contributed by atoms with Crippen LogP contribution in [0.5, 0.6) is 0 Å². The van der Waals surface area contributed by atoms with Crippen molar-refractivity contribution in [2.45, 2.75) is 134 Å². The van der Waals surface area contributed by atoms with Gasteiger partial charge in [-0.1, -0.05) is 114 Å². The summed E-state index contributed by atoms with van der Waals surface area (Å²) in [5, 5.41) is 0. The summed E-state index contributed by atoms with van der Waals surface area (Å²) < 4.78 is -0.173. The summed E-state index contributed by atoms with van der Waals surface area (Å²) in [4.78, 5) is 0. The van der Waals surface area contributed by atoms with Gasteiger partial charge < -0.3 is 0 Å². The van der Waals surface area contributed by atoms with Crippen LogP contribution in [0.25, 0.3) is 0 Å². The zero-order chi connectivity index (χ0) is 23.5. The standard InChI is InChI=1S/C28H56S/c1-15-24(8,9)19-22(6)23(7)20-28(29,26(12,13)17-3)27(14,18-21(4)5)25(10,11)16-2/h20-22,29H,15-19H2,1-14H3. The van der Waals surface area contributed by atoms with E-state index in [-0.39, 0.29) is 21.0 Å². The van der Waals surface area contributed by atoms with Gasteiger partial charge in [0.1, 0.15) is 0 Å². The molecule has 0 N–H and O–H groups in total. The lowest BCUT2D eigenvalue weighted by atomic mass is 9.49. The molecule has 0 radical (unpaired) electrons. The minimum absolute atomic E-state index is 0.0901. The van der Waals surface area contributed by atoms with E-state index in [1.165, 1.54) is 31.3 Å². The Labute approximate surface area is 191 Å². The molecular formula is C28H56S. The quantitative estimate of drug-likeness (QED) is 0.234. The van der Waals surface area contributed by atoms with Gasteiger partial charge in [0.2, 0.25) is 0 Å². The van der Waals surface area contributed by atoms with Crippen LogP contribution in [0.3, 0.4) is 0 Å². The van der Waals surface area contributed by atoms with Crippen LogP contribution in [0.2, 0.25) is 0 Å². The van der Waals surface area contributed by atoms with Gasteiger partial charge in [0.15, 0.2) is 0 Å². The summed E-state index contributed by atoms with van der Waals surface area (Å²) in [6, 6.07) is 0. The molecule has 0 aliphatic heterocycles. The van der Waals surface area contributed by atoms with Crippen molar-refractivity contribution < 1.29 is 0 Å². The first-order valence-corrected chi connectivity index (χ1v) is 12.7. The summed E-state index contributed by atoms with van der Waals surface area (Å²) in [6.07, 6.45) is 8.56. The van der Waals surface area contributed by atoms with E-state index in [4.69, 9.17) is 12.6 Å². The largest absolute Gasteiger partial charge is 0.167 e. The molecule has 174 valence electrons. The van der Waals surface area contributed by atoms with E-state index in [0.717, 1.165) is 6.42 Å². The summed E-state index contributed by atoms with van der Waals surface area (Å²) in [7, 11) is 0. The molecule has 0 saturated carbocycles. The fraction of sp³-hybridized carbons (Fsp3) is 0.929. The van der Waals surface area contributed by atoms with Crippen LogP contribution in [0.1, 0.15) is 129 Å². The molecule has 0 aromatic heterocycles. The molecule has 0 rings (SSSR count). The third-order valence-corrected chi connectivity index (χ3v) is 10.2. The van der Waals surface area contributed by atoms with E-state index in [1.54, 1.807) is 0 Å². The second kappa shape index (κ2) is 10.1. The zero-order valence-corrected chi connectivity index (χ0v) is 23.6. The van der Waals surface area contributed by atoms with Gasteiger partial charge in [0, 0.05) is 4.75 Å². The molecule has 0 saturated heterocycles. The Balaban J connectivity index is 6.67. The highest BCUT2D eigenvalue weighted by molar-refractivity contribution is 7.82. The third kappa shape index (κ3) is 6.30. The van der Waals surface area contributed by atoms with E-state index < -0.39 is 0 Å². The molecule has 0 fully saturated rings. The lowest BCUT2D eigenvalue weighted by molar-refractivity contribution is -0.0132. The van der Waals surface area contributed by atoms with Crippen LogP contribution < -0.4 is 0 Å². The van der Waals surface area contributed by atoms with Gasteiger partial charge in [-0.3, -0.25) is 0 Å². The van der Waals surface area contributed by atoms with Gasteiger partial charge in [-0.25, -0.2) is 0 Å². The molecule has 3 unspecified atom stereocenters. The average molecular weight is 425 g/mol. The van der Waals surface area contributed by atoms with Gasteiger partial charge in [0.05, 0.1) is 0 Å². The van der Waals surface area contributed by atoms with Crippen molar-refractivity contribution in [1.82, 2.24) is 0 Å². The predicted molar refractivity (Wildman–Crippen MR) is 139 cm³/mol. The Morgan fingerprint density at radius 2 is 1.21 bits per heavy atom. The molecular weight excluding hydrogens is 368 g/mol. The van der Waals surface area contributed by atoms with Crippen molar-refractivity contribution in [2.75, 3.05) is 0 Å². The van der Waals surface area contributed by atoms with Crippen molar-refractivity contribution in [3.05, 3.63) is 11.6 Å². The number of hydrogen-bond donors (Lipinski definition) is 1. The first-order chi connectivity index (χ1) is 12.9. The minimum atomic E-state index is -0.173. The molecule has 0 aromatic carbocycles.